The maximum atomic E-state index is 10.2. The smallest absolute Gasteiger partial charge is 0.332 e. The molecule has 0 fully saturated rings. The van der Waals surface area contributed by atoms with Gasteiger partial charge in [0.1, 0.15) is 0 Å². The van der Waals surface area contributed by atoms with Crippen LogP contribution in [0, 0.1) is 6.92 Å². The lowest BCUT2D eigenvalue weighted by Crippen LogP contribution is -2.24. The second kappa shape index (κ2) is 4.25. The molecule has 0 atom stereocenters. The average molecular weight is 177 g/mol. The van der Waals surface area contributed by atoms with Gasteiger partial charge in [0, 0.05) is 0 Å². The van der Waals surface area contributed by atoms with E-state index in [9.17, 15) is 4.79 Å². The van der Waals surface area contributed by atoms with Crippen molar-refractivity contribution in [3.63, 3.8) is 0 Å². The molecule has 1 aromatic rings. The highest BCUT2D eigenvalue weighted by Gasteiger charge is 1.87. The Kier molecular flexibility index (Phi) is 3.03. The molecule has 0 aliphatic rings. The maximum Gasteiger partial charge on any atom is 0.332 e. The monoisotopic (exact) mass is 177 g/mol. The van der Waals surface area contributed by atoms with Crippen LogP contribution in [0.2, 0.25) is 0 Å². The SMILES string of the molecule is Cc1ccc(/C=N/NC(N)=O)cc1. The summed E-state index contributed by atoms with van der Waals surface area (Å²) in [4.78, 5) is 10.2. The molecule has 4 nitrogen and oxygen atoms in total. The average Bonchev–Trinajstić information content (AvgIpc) is 2.08. The van der Waals surface area contributed by atoms with Crippen molar-refractivity contribution in [1.82, 2.24) is 5.43 Å². The van der Waals surface area contributed by atoms with E-state index in [4.69, 9.17) is 5.73 Å². The molecule has 3 N–H and O–H groups in total. The third-order valence-corrected chi connectivity index (χ3v) is 1.47. The van der Waals surface area contributed by atoms with E-state index in [2.05, 4.69) is 10.5 Å². The van der Waals surface area contributed by atoms with Gasteiger partial charge < -0.3 is 5.73 Å². The Labute approximate surface area is 76.4 Å². The Bertz CT molecular complexity index is 316. The number of hydrogen-bond donors (Lipinski definition) is 2. The van der Waals surface area contributed by atoms with E-state index >= 15 is 0 Å². The van der Waals surface area contributed by atoms with Crippen LogP contribution in [0.1, 0.15) is 11.1 Å². The molecule has 4 heteroatoms. The van der Waals surface area contributed by atoms with Crippen molar-refractivity contribution in [3.8, 4) is 0 Å². The van der Waals surface area contributed by atoms with Gasteiger partial charge in [-0.05, 0) is 12.5 Å². The summed E-state index contributed by atoms with van der Waals surface area (Å²) >= 11 is 0. The fraction of sp³-hybridized carbons (Fsp3) is 0.111. The van der Waals surface area contributed by atoms with Gasteiger partial charge >= 0.3 is 6.03 Å². The summed E-state index contributed by atoms with van der Waals surface area (Å²) in [6.07, 6.45) is 1.53. The molecular formula is C9H11N3O. The number of rotatable bonds is 2. The third kappa shape index (κ3) is 3.37. The molecule has 1 rings (SSSR count). The summed E-state index contributed by atoms with van der Waals surface area (Å²) in [6.45, 7) is 2.00. The highest BCUT2D eigenvalue weighted by Crippen LogP contribution is 1.99. The van der Waals surface area contributed by atoms with E-state index in [1.807, 2.05) is 31.2 Å². The van der Waals surface area contributed by atoms with Gasteiger partial charge in [-0.25, -0.2) is 10.2 Å². The summed E-state index contributed by atoms with van der Waals surface area (Å²) in [5, 5.41) is 3.62. The largest absolute Gasteiger partial charge is 0.350 e. The summed E-state index contributed by atoms with van der Waals surface area (Å²) in [5.41, 5.74) is 9.03. The van der Waals surface area contributed by atoms with Crippen LogP contribution >= 0.6 is 0 Å². The minimum absolute atomic E-state index is 0.664. The fourth-order valence-corrected chi connectivity index (χ4v) is 0.823. The van der Waals surface area contributed by atoms with Crippen LogP contribution < -0.4 is 11.2 Å². The third-order valence-electron chi connectivity index (χ3n) is 1.47. The Balaban J connectivity index is 2.59. The summed E-state index contributed by atoms with van der Waals surface area (Å²) in [7, 11) is 0. The number of nitrogens with zero attached hydrogens (tertiary/aromatic N) is 1. The molecule has 0 unspecified atom stereocenters. The predicted octanol–water partition coefficient (Wildman–Crippen LogP) is 0.997. The maximum absolute atomic E-state index is 10.2. The van der Waals surface area contributed by atoms with Crippen molar-refractivity contribution < 1.29 is 4.79 Å². The van der Waals surface area contributed by atoms with Gasteiger partial charge in [0.2, 0.25) is 0 Å². The van der Waals surface area contributed by atoms with Crippen molar-refractivity contribution in [3.05, 3.63) is 35.4 Å². The molecule has 2 amide bonds. The molecule has 0 bridgehead atoms. The van der Waals surface area contributed by atoms with Crippen molar-refractivity contribution >= 4 is 12.2 Å². The highest BCUT2D eigenvalue weighted by atomic mass is 16.2. The second-order valence-corrected chi connectivity index (χ2v) is 2.64. The minimum Gasteiger partial charge on any atom is -0.350 e. The molecule has 0 saturated heterocycles. The van der Waals surface area contributed by atoms with Gasteiger partial charge in [0.25, 0.3) is 0 Å². The summed E-state index contributed by atoms with van der Waals surface area (Å²) < 4.78 is 0. The zero-order valence-corrected chi connectivity index (χ0v) is 7.32. The predicted molar refractivity (Wildman–Crippen MR) is 51.5 cm³/mol. The minimum atomic E-state index is -0.664. The topological polar surface area (TPSA) is 67.5 Å². The number of nitrogens with two attached hydrogens (primary N) is 1. The van der Waals surface area contributed by atoms with Crippen molar-refractivity contribution in [2.75, 3.05) is 0 Å². The molecule has 0 radical (unpaired) electrons. The van der Waals surface area contributed by atoms with Crippen molar-refractivity contribution in [2.24, 2.45) is 10.8 Å². The van der Waals surface area contributed by atoms with E-state index in [1.165, 1.54) is 11.8 Å². The molecule has 1 aromatic carbocycles. The fourth-order valence-electron chi connectivity index (χ4n) is 0.823. The zero-order valence-electron chi connectivity index (χ0n) is 7.32. The number of carbonyl (C=O) groups is 1. The van der Waals surface area contributed by atoms with Crippen LogP contribution in [-0.4, -0.2) is 12.2 Å². The van der Waals surface area contributed by atoms with E-state index < -0.39 is 6.03 Å². The Morgan fingerprint density at radius 2 is 2.08 bits per heavy atom. The quantitative estimate of drug-likeness (QED) is 0.513. The number of aryl methyl sites for hydroxylation is 1. The number of amides is 2. The lowest BCUT2D eigenvalue weighted by Gasteiger charge is -1.94. The van der Waals surface area contributed by atoms with Gasteiger partial charge in [-0.15, -0.1) is 0 Å². The summed E-state index contributed by atoms with van der Waals surface area (Å²) in [6, 6.07) is 7.07. The molecule has 68 valence electrons. The number of benzene rings is 1. The van der Waals surface area contributed by atoms with Crippen LogP contribution in [0.25, 0.3) is 0 Å². The highest BCUT2D eigenvalue weighted by molar-refractivity contribution is 5.81. The van der Waals surface area contributed by atoms with E-state index in [0.717, 1.165) is 5.56 Å². The van der Waals surface area contributed by atoms with Crippen molar-refractivity contribution in [1.29, 1.82) is 0 Å². The first-order chi connectivity index (χ1) is 6.18. The van der Waals surface area contributed by atoms with Gasteiger partial charge in [-0.3, -0.25) is 0 Å². The second-order valence-electron chi connectivity index (χ2n) is 2.64. The molecular weight excluding hydrogens is 166 g/mol. The number of primary amides is 1. The van der Waals surface area contributed by atoms with E-state index in [0.29, 0.717) is 0 Å². The lowest BCUT2D eigenvalue weighted by atomic mass is 10.2. The number of urea groups is 1. The van der Waals surface area contributed by atoms with Gasteiger partial charge in [-0.2, -0.15) is 5.10 Å². The standard InChI is InChI=1S/C9H11N3O/c1-7-2-4-8(5-3-7)6-11-12-9(10)13/h2-6H,1H3,(H3,10,12,13)/b11-6+. The van der Waals surface area contributed by atoms with Crippen LogP contribution in [-0.2, 0) is 0 Å². The van der Waals surface area contributed by atoms with Crippen molar-refractivity contribution in [2.45, 2.75) is 6.92 Å². The molecule has 0 spiro atoms. The Hall–Kier alpha value is -1.84. The van der Waals surface area contributed by atoms with E-state index in [1.54, 1.807) is 0 Å². The number of nitrogens with one attached hydrogen (secondary N) is 1. The van der Waals surface area contributed by atoms with Crippen LogP contribution in [0.4, 0.5) is 4.79 Å². The molecule has 0 saturated carbocycles. The first kappa shape index (κ1) is 9.25. The van der Waals surface area contributed by atoms with Gasteiger partial charge in [0.05, 0.1) is 6.21 Å². The van der Waals surface area contributed by atoms with Gasteiger partial charge in [0.15, 0.2) is 0 Å². The molecule has 0 aromatic heterocycles. The summed E-state index contributed by atoms with van der Waals surface area (Å²) in [5.74, 6) is 0. The molecule has 0 aliphatic heterocycles. The number of hydrazone groups is 1. The molecule has 13 heavy (non-hydrogen) atoms. The number of carbonyl (C=O) groups excluding carboxylic acids is 1. The first-order valence-corrected chi connectivity index (χ1v) is 3.83. The van der Waals surface area contributed by atoms with E-state index in [-0.39, 0.29) is 0 Å². The van der Waals surface area contributed by atoms with Crippen LogP contribution in [0.15, 0.2) is 29.4 Å². The molecule has 0 aliphatic carbocycles. The molecule has 0 heterocycles. The van der Waals surface area contributed by atoms with Crippen LogP contribution in [0.5, 0.6) is 0 Å². The first-order valence-electron chi connectivity index (χ1n) is 3.83. The zero-order chi connectivity index (χ0) is 9.68. The van der Waals surface area contributed by atoms with Gasteiger partial charge in [-0.1, -0.05) is 29.8 Å². The lowest BCUT2D eigenvalue weighted by molar-refractivity contribution is 0.249. The Morgan fingerprint density at radius 3 is 2.62 bits per heavy atom. The normalized spacial score (nSPS) is 10.2. The number of hydrogen-bond acceptors (Lipinski definition) is 2. The Morgan fingerprint density at radius 1 is 1.46 bits per heavy atom. The van der Waals surface area contributed by atoms with Crippen LogP contribution in [0.3, 0.4) is 0 Å².